The van der Waals surface area contributed by atoms with Gasteiger partial charge in [-0.15, -0.1) is 0 Å². The number of esters is 1. The van der Waals surface area contributed by atoms with Gasteiger partial charge in [0.25, 0.3) is 0 Å². The lowest BCUT2D eigenvalue weighted by atomic mass is 10.0. The highest BCUT2D eigenvalue weighted by atomic mass is 16.5. The molecular weight excluding hydrogens is 480 g/mol. The van der Waals surface area contributed by atoms with Gasteiger partial charge in [0.1, 0.15) is 23.2 Å². The van der Waals surface area contributed by atoms with Crippen molar-refractivity contribution in [2.75, 3.05) is 43.5 Å². The Balaban J connectivity index is 1.34. The standard InChI is InChI=1S/C28H30N8O2/c1-19-4-3-5-22(32-19)28-31-11-9-25(35-28)33-24-8-10-30-26(34-24)17-20-6-7-23(36-14-12-29-13-15-36)21(16-20)18-27(37)38-2/h3-11,16,29H,12-15,17-18H2,1-2H3,(H,30,31,33,34,35). The average molecular weight is 511 g/mol. The number of hydrogen-bond donors (Lipinski definition) is 2. The molecule has 194 valence electrons. The molecule has 0 radical (unpaired) electrons. The number of ether oxygens (including phenoxy) is 1. The number of hydrogen-bond acceptors (Lipinski definition) is 10. The minimum absolute atomic E-state index is 0.220. The van der Waals surface area contributed by atoms with Crippen LogP contribution in [0.2, 0.25) is 0 Å². The van der Waals surface area contributed by atoms with Crippen molar-refractivity contribution in [3.63, 3.8) is 0 Å². The van der Waals surface area contributed by atoms with Crippen molar-refractivity contribution in [3.05, 3.63) is 83.6 Å². The van der Waals surface area contributed by atoms with E-state index in [-0.39, 0.29) is 12.4 Å². The van der Waals surface area contributed by atoms with Gasteiger partial charge in [-0.2, -0.15) is 0 Å². The van der Waals surface area contributed by atoms with Gasteiger partial charge in [-0.05, 0) is 48.4 Å². The Morgan fingerprint density at radius 1 is 1.00 bits per heavy atom. The van der Waals surface area contributed by atoms with Gasteiger partial charge in [-0.25, -0.2) is 24.9 Å². The SMILES string of the molecule is COC(=O)Cc1cc(Cc2nccc(Nc3ccnc(-c4cccc(C)n4)n3)n2)ccc1N1CCNCC1. The van der Waals surface area contributed by atoms with Crippen molar-refractivity contribution < 1.29 is 9.53 Å². The molecule has 0 bridgehead atoms. The van der Waals surface area contributed by atoms with Crippen LogP contribution in [0.15, 0.2) is 60.9 Å². The van der Waals surface area contributed by atoms with Gasteiger partial charge in [0, 0.05) is 56.4 Å². The second-order valence-corrected chi connectivity index (χ2v) is 9.04. The van der Waals surface area contributed by atoms with Crippen LogP contribution in [0.5, 0.6) is 0 Å². The molecule has 1 saturated heterocycles. The largest absolute Gasteiger partial charge is 0.469 e. The Labute approximate surface area is 221 Å². The van der Waals surface area contributed by atoms with Crippen LogP contribution >= 0.6 is 0 Å². The van der Waals surface area contributed by atoms with E-state index in [1.807, 2.05) is 25.1 Å². The van der Waals surface area contributed by atoms with E-state index < -0.39 is 0 Å². The Morgan fingerprint density at radius 2 is 1.79 bits per heavy atom. The van der Waals surface area contributed by atoms with Crippen molar-refractivity contribution in [2.45, 2.75) is 19.8 Å². The molecule has 4 heterocycles. The summed E-state index contributed by atoms with van der Waals surface area (Å²) in [5.41, 5.74) is 4.66. The fourth-order valence-corrected chi connectivity index (χ4v) is 4.42. The van der Waals surface area contributed by atoms with Crippen molar-refractivity contribution in [1.29, 1.82) is 0 Å². The second kappa shape index (κ2) is 11.7. The molecule has 0 saturated carbocycles. The first-order valence-electron chi connectivity index (χ1n) is 12.6. The summed E-state index contributed by atoms with van der Waals surface area (Å²) in [5.74, 6) is 2.18. The van der Waals surface area contributed by atoms with Crippen molar-refractivity contribution in [1.82, 2.24) is 30.2 Å². The average Bonchev–Trinajstić information content (AvgIpc) is 2.94. The molecule has 1 aromatic carbocycles. The molecule has 5 rings (SSSR count). The minimum atomic E-state index is -0.258. The van der Waals surface area contributed by atoms with Crippen LogP contribution in [-0.2, 0) is 22.4 Å². The van der Waals surface area contributed by atoms with E-state index in [9.17, 15) is 4.79 Å². The van der Waals surface area contributed by atoms with E-state index in [0.29, 0.717) is 35.4 Å². The van der Waals surface area contributed by atoms with Crippen LogP contribution in [-0.4, -0.2) is 64.2 Å². The maximum atomic E-state index is 12.1. The second-order valence-electron chi connectivity index (χ2n) is 9.04. The summed E-state index contributed by atoms with van der Waals surface area (Å²) in [6, 6.07) is 15.6. The number of aryl methyl sites for hydroxylation is 1. The van der Waals surface area contributed by atoms with Gasteiger partial charge in [0.15, 0.2) is 5.82 Å². The summed E-state index contributed by atoms with van der Waals surface area (Å²) in [6.07, 6.45) is 4.16. The maximum absolute atomic E-state index is 12.1. The maximum Gasteiger partial charge on any atom is 0.310 e. The first-order valence-corrected chi connectivity index (χ1v) is 12.6. The van der Waals surface area contributed by atoms with Gasteiger partial charge < -0.3 is 20.3 Å². The summed E-state index contributed by atoms with van der Waals surface area (Å²) >= 11 is 0. The fourth-order valence-electron chi connectivity index (χ4n) is 4.42. The van der Waals surface area contributed by atoms with E-state index in [1.54, 1.807) is 24.5 Å². The van der Waals surface area contributed by atoms with Gasteiger partial charge in [0.05, 0.1) is 13.5 Å². The molecule has 38 heavy (non-hydrogen) atoms. The third kappa shape index (κ3) is 6.27. The normalized spacial score (nSPS) is 13.3. The number of methoxy groups -OCH3 is 1. The minimum Gasteiger partial charge on any atom is -0.469 e. The topological polar surface area (TPSA) is 118 Å². The fraction of sp³-hybridized carbons (Fsp3) is 0.286. The molecule has 0 spiro atoms. The summed E-state index contributed by atoms with van der Waals surface area (Å²) in [5, 5.41) is 6.62. The molecule has 10 heteroatoms. The molecule has 1 aliphatic heterocycles. The Bertz CT molecular complexity index is 1420. The predicted octanol–water partition coefficient (Wildman–Crippen LogP) is 3.10. The van der Waals surface area contributed by atoms with E-state index in [0.717, 1.165) is 48.7 Å². The Kier molecular flexibility index (Phi) is 7.79. The Hall–Kier alpha value is -4.44. The quantitative estimate of drug-likeness (QED) is 0.342. The highest BCUT2D eigenvalue weighted by Gasteiger charge is 2.17. The third-order valence-corrected chi connectivity index (χ3v) is 6.26. The molecule has 1 fully saturated rings. The number of aromatic nitrogens is 5. The summed E-state index contributed by atoms with van der Waals surface area (Å²) < 4.78 is 4.95. The van der Waals surface area contributed by atoms with Crippen LogP contribution < -0.4 is 15.5 Å². The molecule has 4 aromatic rings. The van der Waals surface area contributed by atoms with E-state index in [1.165, 1.54) is 7.11 Å². The molecule has 3 aromatic heterocycles. The number of piperazine rings is 1. The highest BCUT2D eigenvalue weighted by molar-refractivity contribution is 5.75. The number of pyridine rings is 1. The molecule has 2 N–H and O–H groups in total. The molecule has 1 aliphatic rings. The van der Waals surface area contributed by atoms with Gasteiger partial charge in [-0.3, -0.25) is 4.79 Å². The van der Waals surface area contributed by atoms with E-state index in [4.69, 9.17) is 9.72 Å². The highest BCUT2D eigenvalue weighted by Crippen LogP contribution is 2.25. The van der Waals surface area contributed by atoms with Crippen LogP contribution in [0, 0.1) is 6.92 Å². The summed E-state index contributed by atoms with van der Waals surface area (Å²) in [6.45, 7) is 5.57. The number of carbonyl (C=O) groups excluding carboxylic acids is 1. The third-order valence-electron chi connectivity index (χ3n) is 6.26. The van der Waals surface area contributed by atoms with Crippen LogP contribution in [0.3, 0.4) is 0 Å². The predicted molar refractivity (Wildman–Crippen MR) is 145 cm³/mol. The lowest BCUT2D eigenvalue weighted by molar-refractivity contribution is -0.139. The van der Waals surface area contributed by atoms with E-state index in [2.05, 4.69) is 53.7 Å². The van der Waals surface area contributed by atoms with Crippen molar-refractivity contribution in [3.8, 4) is 11.5 Å². The number of carbonyl (C=O) groups is 1. The lowest BCUT2D eigenvalue weighted by Crippen LogP contribution is -2.44. The van der Waals surface area contributed by atoms with Crippen LogP contribution in [0.1, 0.15) is 22.6 Å². The Morgan fingerprint density at radius 3 is 2.58 bits per heavy atom. The number of anilines is 3. The summed E-state index contributed by atoms with van der Waals surface area (Å²) in [4.78, 5) is 37.1. The number of rotatable bonds is 8. The van der Waals surface area contributed by atoms with Crippen LogP contribution in [0.4, 0.5) is 17.3 Å². The van der Waals surface area contributed by atoms with Gasteiger partial charge >= 0.3 is 5.97 Å². The first-order chi connectivity index (χ1) is 18.6. The van der Waals surface area contributed by atoms with Gasteiger partial charge in [0.2, 0.25) is 0 Å². The molecule has 10 nitrogen and oxygen atoms in total. The number of benzene rings is 1. The molecule has 0 atom stereocenters. The van der Waals surface area contributed by atoms with Crippen LogP contribution in [0.25, 0.3) is 11.5 Å². The molecule has 0 amide bonds. The zero-order chi connectivity index (χ0) is 26.3. The van der Waals surface area contributed by atoms with Crippen molar-refractivity contribution >= 4 is 23.3 Å². The molecular formula is C28H30N8O2. The molecule has 0 unspecified atom stereocenters. The summed E-state index contributed by atoms with van der Waals surface area (Å²) in [7, 11) is 1.42. The zero-order valence-corrected chi connectivity index (χ0v) is 21.5. The zero-order valence-electron chi connectivity index (χ0n) is 21.5. The van der Waals surface area contributed by atoms with E-state index >= 15 is 0 Å². The van der Waals surface area contributed by atoms with Gasteiger partial charge in [-0.1, -0.05) is 18.2 Å². The monoisotopic (exact) mass is 510 g/mol. The lowest BCUT2D eigenvalue weighted by Gasteiger charge is -2.31. The molecule has 0 aliphatic carbocycles. The number of nitrogens with one attached hydrogen (secondary N) is 2. The number of nitrogens with zero attached hydrogens (tertiary/aromatic N) is 6. The first kappa shape index (κ1) is 25.2. The van der Waals surface area contributed by atoms with Crippen molar-refractivity contribution in [2.24, 2.45) is 0 Å². The smallest absolute Gasteiger partial charge is 0.310 e.